The molecule has 0 spiro atoms. The average Bonchev–Trinajstić information content (AvgIpc) is 2.78. The Hall–Kier alpha value is -0.940. The first-order chi connectivity index (χ1) is 8.72. The van der Waals surface area contributed by atoms with E-state index in [1.54, 1.807) is 7.11 Å². The fourth-order valence-corrected chi connectivity index (χ4v) is 2.56. The van der Waals surface area contributed by atoms with Gasteiger partial charge in [-0.25, -0.2) is 0 Å². The van der Waals surface area contributed by atoms with Gasteiger partial charge in [0.05, 0.1) is 6.04 Å². The zero-order valence-electron chi connectivity index (χ0n) is 11.3. The summed E-state index contributed by atoms with van der Waals surface area (Å²) in [7, 11) is 1.74. The molecular weight excluding hydrogens is 230 g/mol. The minimum atomic E-state index is -0.369. The van der Waals surface area contributed by atoms with Crippen LogP contribution in [0.3, 0.4) is 0 Å². The van der Waals surface area contributed by atoms with Crippen LogP contribution in [0.2, 0.25) is 0 Å². The lowest BCUT2D eigenvalue weighted by Gasteiger charge is -2.27. The lowest BCUT2D eigenvalue weighted by Crippen LogP contribution is -2.29. The fraction of sp³-hybridized carbons (Fsp3) is 0.846. The Labute approximate surface area is 108 Å². The molecule has 0 aromatic carbocycles. The van der Waals surface area contributed by atoms with E-state index in [4.69, 9.17) is 15.0 Å². The van der Waals surface area contributed by atoms with Crippen LogP contribution in [-0.4, -0.2) is 17.3 Å². The topological polar surface area (TPSA) is 74.2 Å². The second-order valence-corrected chi connectivity index (χ2v) is 5.08. The summed E-state index contributed by atoms with van der Waals surface area (Å²) in [5, 5.41) is 4.10. The van der Waals surface area contributed by atoms with Crippen LogP contribution in [0.25, 0.3) is 0 Å². The number of hydrogen-bond acceptors (Lipinski definition) is 5. The number of nitrogens with zero attached hydrogens (tertiary/aromatic N) is 2. The van der Waals surface area contributed by atoms with Crippen LogP contribution in [-0.2, 0) is 10.3 Å². The van der Waals surface area contributed by atoms with Crippen molar-refractivity contribution in [2.45, 2.75) is 63.5 Å². The Balaban J connectivity index is 2.23. The predicted molar refractivity (Wildman–Crippen MR) is 67.9 cm³/mol. The highest BCUT2D eigenvalue weighted by Crippen LogP contribution is 2.37. The largest absolute Gasteiger partial charge is 0.370 e. The Morgan fingerprint density at radius 3 is 2.56 bits per heavy atom. The van der Waals surface area contributed by atoms with Crippen molar-refractivity contribution in [1.29, 1.82) is 0 Å². The van der Waals surface area contributed by atoms with Crippen LogP contribution < -0.4 is 5.73 Å². The van der Waals surface area contributed by atoms with E-state index in [0.717, 1.165) is 32.1 Å². The summed E-state index contributed by atoms with van der Waals surface area (Å²) >= 11 is 0. The van der Waals surface area contributed by atoms with Gasteiger partial charge in [-0.1, -0.05) is 37.8 Å². The van der Waals surface area contributed by atoms with Crippen LogP contribution in [0.1, 0.15) is 69.6 Å². The Morgan fingerprint density at radius 1 is 1.33 bits per heavy atom. The van der Waals surface area contributed by atoms with E-state index >= 15 is 0 Å². The van der Waals surface area contributed by atoms with Crippen LogP contribution in [0, 0.1) is 0 Å². The third kappa shape index (κ3) is 2.57. The molecule has 1 fully saturated rings. The van der Waals surface area contributed by atoms with Crippen molar-refractivity contribution in [3.63, 3.8) is 0 Å². The number of rotatable bonds is 4. The number of nitrogens with two attached hydrogens (primary N) is 1. The maximum Gasteiger partial charge on any atom is 0.243 e. The molecule has 1 aliphatic rings. The second-order valence-electron chi connectivity index (χ2n) is 5.08. The molecule has 102 valence electrons. The van der Waals surface area contributed by atoms with Gasteiger partial charge in [-0.3, -0.25) is 0 Å². The molecule has 18 heavy (non-hydrogen) atoms. The van der Waals surface area contributed by atoms with Crippen molar-refractivity contribution in [2.24, 2.45) is 5.73 Å². The van der Waals surface area contributed by atoms with Crippen molar-refractivity contribution < 1.29 is 9.26 Å². The van der Waals surface area contributed by atoms with Gasteiger partial charge in [0.1, 0.15) is 5.60 Å². The summed E-state index contributed by atoms with van der Waals surface area (Å²) < 4.78 is 11.0. The van der Waals surface area contributed by atoms with E-state index < -0.39 is 0 Å². The van der Waals surface area contributed by atoms with Gasteiger partial charge in [-0.05, 0) is 19.3 Å². The highest BCUT2D eigenvalue weighted by Gasteiger charge is 2.37. The van der Waals surface area contributed by atoms with E-state index in [1.807, 2.05) is 6.92 Å². The second kappa shape index (κ2) is 5.80. The van der Waals surface area contributed by atoms with Crippen molar-refractivity contribution >= 4 is 0 Å². The summed E-state index contributed by atoms with van der Waals surface area (Å²) in [6, 6.07) is -0.175. The molecule has 1 aliphatic carbocycles. The van der Waals surface area contributed by atoms with Crippen LogP contribution >= 0.6 is 0 Å². The van der Waals surface area contributed by atoms with E-state index in [2.05, 4.69) is 10.1 Å². The Kier molecular flexibility index (Phi) is 4.35. The van der Waals surface area contributed by atoms with Gasteiger partial charge in [0.25, 0.3) is 0 Å². The normalized spacial score (nSPS) is 21.5. The zero-order chi connectivity index (χ0) is 13.0. The molecule has 1 aromatic heterocycles. The summed E-state index contributed by atoms with van der Waals surface area (Å²) in [5.41, 5.74) is 5.55. The molecular formula is C13H23N3O2. The minimum Gasteiger partial charge on any atom is -0.370 e. The maximum absolute atomic E-state index is 5.92. The molecule has 1 aromatic rings. The number of ether oxygens (including phenoxy) is 1. The molecule has 1 saturated carbocycles. The van der Waals surface area contributed by atoms with Gasteiger partial charge in [0, 0.05) is 7.11 Å². The molecule has 1 unspecified atom stereocenters. The van der Waals surface area contributed by atoms with E-state index in [-0.39, 0.29) is 11.6 Å². The van der Waals surface area contributed by atoms with Crippen molar-refractivity contribution in [3.8, 4) is 0 Å². The van der Waals surface area contributed by atoms with Crippen molar-refractivity contribution in [3.05, 3.63) is 11.7 Å². The summed E-state index contributed by atoms with van der Waals surface area (Å²) in [6.45, 7) is 2.01. The monoisotopic (exact) mass is 253 g/mol. The van der Waals surface area contributed by atoms with E-state index in [9.17, 15) is 0 Å². The molecule has 5 heteroatoms. The third-order valence-electron chi connectivity index (χ3n) is 3.91. The Morgan fingerprint density at radius 2 is 2.00 bits per heavy atom. The lowest BCUT2D eigenvalue weighted by molar-refractivity contribution is -0.0365. The van der Waals surface area contributed by atoms with Crippen LogP contribution in [0.15, 0.2) is 4.52 Å². The molecule has 0 bridgehead atoms. The van der Waals surface area contributed by atoms with Gasteiger partial charge in [0.2, 0.25) is 11.7 Å². The quantitative estimate of drug-likeness (QED) is 0.835. The summed E-state index contributed by atoms with van der Waals surface area (Å²) in [5.74, 6) is 1.19. The van der Waals surface area contributed by atoms with E-state index in [1.165, 1.54) is 12.8 Å². The average molecular weight is 253 g/mol. The Bertz CT molecular complexity index is 370. The minimum absolute atomic E-state index is 0.175. The number of hydrogen-bond donors (Lipinski definition) is 1. The van der Waals surface area contributed by atoms with Gasteiger partial charge in [-0.2, -0.15) is 4.98 Å². The van der Waals surface area contributed by atoms with Gasteiger partial charge in [-0.15, -0.1) is 0 Å². The van der Waals surface area contributed by atoms with E-state index in [0.29, 0.717) is 11.7 Å². The summed E-state index contributed by atoms with van der Waals surface area (Å²) in [4.78, 5) is 4.46. The fourth-order valence-electron chi connectivity index (χ4n) is 2.56. The highest BCUT2D eigenvalue weighted by atomic mass is 16.5. The zero-order valence-corrected chi connectivity index (χ0v) is 11.3. The van der Waals surface area contributed by atoms with Crippen molar-refractivity contribution in [2.75, 3.05) is 7.11 Å². The molecule has 0 aliphatic heterocycles. The van der Waals surface area contributed by atoms with Gasteiger partial charge >= 0.3 is 0 Å². The van der Waals surface area contributed by atoms with Crippen molar-refractivity contribution in [1.82, 2.24) is 10.1 Å². The standard InChI is InChI=1S/C13H23N3O2/c1-3-10(14)11-15-12(16-18-11)13(17-2)8-6-4-5-7-9-13/h10H,3-9,14H2,1-2H3. The summed E-state index contributed by atoms with van der Waals surface area (Å²) in [6.07, 6.45) is 7.53. The van der Waals surface area contributed by atoms with Gasteiger partial charge in [0.15, 0.2) is 0 Å². The maximum atomic E-state index is 5.92. The molecule has 5 nitrogen and oxygen atoms in total. The van der Waals surface area contributed by atoms with Crippen LogP contribution in [0.4, 0.5) is 0 Å². The molecule has 0 saturated heterocycles. The lowest BCUT2D eigenvalue weighted by atomic mass is 9.93. The highest BCUT2D eigenvalue weighted by molar-refractivity contribution is 5.04. The smallest absolute Gasteiger partial charge is 0.243 e. The van der Waals surface area contributed by atoms with Crippen LogP contribution in [0.5, 0.6) is 0 Å². The third-order valence-corrected chi connectivity index (χ3v) is 3.91. The molecule has 1 atom stereocenters. The predicted octanol–water partition coefficient (Wildman–Crippen LogP) is 2.68. The SMILES string of the molecule is CCC(N)c1nc(C2(OC)CCCCCC2)no1. The first-order valence-corrected chi connectivity index (χ1v) is 6.86. The first-order valence-electron chi connectivity index (χ1n) is 6.86. The number of aromatic nitrogens is 2. The number of methoxy groups -OCH3 is 1. The molecule has 0 amide bonds. The molecule has 2 N–H and O–H groups in total. The van der Waals surface area contributed by atoms with Gasteiger partial charge < -0.3 is 15.0 Å². The molecule has 0 radical (unpaired) electrons. The molecule has 2 rings (SSSR count). The first kappa shape index (κ1) is 13.5. The molecule has 1 heterocycles.